The lowest BCUT2D eigenvalue weighted by molar-refractivity contribution is -0.116. The number of amides is 2. The first-order valence-electron chi connectivity index (χ1n) is 9.17. The zero-order valence-electron chi connectivity index (χ0n) is 15.2. The minimum atomic E-state index is -0.111. The molecule has 140 valence electrons. The van der Waals surface area contributed by atoms with Crippen molar-refractivity contribution >= 4 is 46.7 Å². The Morgan fingerprint density at radius 1 is 1.11 bits per heavy atom. The maximum atomic E-state index is 12.7. The molecule has 2 aromatic rings. The van der Waals surface area contributed by atoms with Crippen LogP contribution in [0.3, 0.4) is 0 Å². The number of nitrogens with one attached hydrogen (secondary N) is 1. The van der Waals surface area contributed by atoms with E-state index >= 15 is 0 Å². The van der Waals surface area contributed by atoms with Gasteiger partial charge >= 0.3 is 0 Å². The summed E-state index contributed by atoms with van der Waals surface area (Å²) in [6, 6.07) is 13.7. The Balaban J connectivity index is 1.49. The molecule has 0 radical (unpaired) electrons. The van der Waals surface area contributed by atoms with E-state index in [9.17, 15) is 9.59 Å². The normalized spacial score (nSPS) is 16.9. The first kappa shape index (κ1) is 18.4. The van der Waals surface area contributed by atoms with E-state index < -0.39 is 0 Å². The second-order valence-electron chi connectivity index (χ2n) is 6.77. The summed E-state index contributed by atoms with van der Waals surface area (Å²) in [5.74, 6) is 2.32. The standard InChI is InChI=1S/C21H22N2O2S2/c1-14(24)23-9-8-15-12-16(6-7-19(15)23)20(25)22-18-5-2-4-17(13-18)21-26-10-3-11-27-21/h2,4-7,12-13,21H,3,8-11H2,1H3,(H,22,25). The number of nitrogens with zero attached hydrogens (tertiary/aromatic N) is 1. The summed E-state index contributed by atoms with van der Waals surface area (Å²) >= 11 is 3.95. The monoisotopic (exact) mass is 398 g/mol. The minimum Gasteiger partial charge on any atom is -0.322 e. The number of hydrogen-bond donors (Lipinski definition) is 1. The van der Waals surface area contributed by atoms with Crippen molar-refractivity contribution in [3.63, 3.8) is 0 Å². The van der Waals surface area contributed by atoms with Crippen LogP contribution in [-0.4, -0.2) is 29.9 Å². The molecule has 0 unspecified atom stereocenters. The third-order valence-corrected chi connectivity index (χ3v) is 7.88. The lowest BCUT2D eigenvalue weighted by Gasteiger charge is -2.21. The second-order valence-corrected chi connectivity index (χ2v) is 9.50. The molecule has 2 amide bonds. The number of carbonyl (C=O) groups is 2. The van der Waals surface area contributed by atoms with Gasteiger partial charge in [-0.3, -0.25) is 9.59 Å². The van der Waals surface area contributed by atoms with Crippen LogP contribution < -0.4 is 10.2 Å². The van der Waals surface area contributed by atoms with Gasteiger partial charge in [0.25, 0.3) is 5.91 Å². The van der Waals surface area contributed by atoms with Crippen LogP contribution in [0.1, 0.15) is 39.4 Å². The third-order valence-electron chi connectivity index (χ3n) is 4.86. The lowest BCUT2D eigenvalue weighted by Crippen LogP contribution is -2.25. The molecule has 27 heavy (non-hydrogen) atoms. The predicted octanol–water partition coefficient (Wildman–Crippen LogP) is 4.72. The molecule has 0 aliphatic carbocycles. The minimum absolute atomic E-state index is 0.0428. The van der Waals surface area contributed by atoms with Crippen molar-refractivity contribution in [1.82, 2.24) is 0 Å². The molecule has 2 aromatic carbocycles. The van der Waals surface area contributed by atoms with E-state index in [1.807, 2.05) is 47.8 Å². The van der Waals surface area contributed by atoms with E-state index in [4.69, 9.17) is 0 Å². The molecular weight excluding hydrogens is 376 g/mol. The lowest BCUT2D eigenvalue weighted by atomic mass is 10.1. The average Bonchev–Trinajstić information content (AvgIpc) is 3.12. The Hall–Kier alpha value is -1.92. The Bertz CT molecular complexity index is 878. The average molecular weight is 399 g/mol. The number of anilines is 2. The fourth-order valence-electron chi connectivity index (χ4n) is 3.52. The van der Waals surface area contributed by atoms with Gasteiger partial charge in [0, 0.05) is 30.4 Å². The summed E-state index contributed by atoms with van der Waals surface area (Å²) in [6.45, 7) is 2.26. The molecule has 1 saturated heterocycles. The third kappa shape index (κ3) is 4.01. The molecule has 1 N–H and O–H groups in total. The summed E-state index contributed by atoms with van der Waals surface area (Å²) in [5, 5.41) is 3.02. The van der Waals surface area contributed by atoms with Crippen molar-refractivity contribution in [3.05, 3.63) is 59.2 Å². The highest BCUT2D eigenvalue weighted by atomic mass is 32.2. The highest BCUT2D eigenvalue weighted by Gasteiger charge is 2.23. The van der Waals surface area contributed by atoms with Crippen molar-refractivity contribution in [2.75, 3.05) is 28.3 Å². The van der Waals surface area contributed by atoms with Crippen LogP contribution in [-0.2, 0) is 11.2 Å². The quantitative estimate of drug-likeness (QED) is 0.813. The van der Waals surface area contributed by atoms with Gasteiger partial charge in [-0.2, -0.15) is 0 Å². The van der Waals surface area contributed by atoms with Gasteiger partial charge < -0.3 is 10.2 Å². The maximum Gasteiger partial charge on any atom is 0.255 e. The van der Waals surface area contributed by atoms with E-state index in [1.54, 1.807) is 17.9 Å². The van der Waals surface area contributed by atoms with Crippen molar-refractivity contribution in [2.45, 2.75) is 24.3 Å². The van der Waals surface area contributed by atoms with Crippen molar-refractivity contribution in [2.24, 2.45) is 0 Å². The Kier molecular flexibility index (Phi) is 5.45. The number of fused-ring (bicyclic) bond motifs is 1. The van der Waals surface area contributed by atoms with Crippen LogP contribution in [0.2, 0.25) is 0 Å². The van der Waals surface area contributed by atoms with Gasteiger partial charge in [-0.1, -0.05) is 12.1 Å². The summed E-state index contributed by atoms with van der Waals surface area (Å²) in [4.78, 5) is 26.2. The molecule has 0 atom stereocenters. The number of benzene rings is 2. The molecule has 2 aliphatic heterocycles. The van der Waals surface area contributed by atoms with Crippen molar-refractivity contribution in [1.29, 1.82) is 0 Å². The fourth-order valence-corrected chi connectivity index (χ4v) is 6.39. The second kappa shape index (κ2) is 7.98. The summed E-state index contributed by atoms with van der Waals surface area (Å²) < 4.78 is 0.452. The van der Waals surface area contributed by atoms with Crippen LogP contribution in [0.5, 0.6) is 0 Å². The van der Waals surface area contributed by atoms with E-state index in [2.05, 4.69) is 17.4 Å². The first-order chi connectivity index (χ1) is 13.1. The van der Waals surface area contributed by atoms with Gasteiger partial charge in [0.2, 0.25) is 5.91 Å². The van der Waals surface area contributed by atoms with E-state index in [1.165, 1.54) is 23.5 Å². The first-order valence-corrected chi connectivity index (χ1v) is 11.3. The number of hydrogen-bond acceptors (Lipinski definition) is 4. The zero-order chi connectivity index (χ0) is 18.8. The van der Waals surface area contributed by atoms with E-state index in [0.29, 0.717) is 16.7 Å². The molecule has 0 saturated carbocycles. The van der Waals surface area contributed by atoms with Gasteiger partial charge in [0.05, 0.1) is 4.58 Å². The molecule has 2 heterocycles. The number of carbonyl (C=O) groups excluding carboxylic acids is 2. The van der Waals surface area contributed by atoms with Gasteiger partial charge in [-0.25, -0.2) is 0 Å². The molecule has 0 bridgehead atoms. The molecular formula is C21H22N2O2S2. The van der Waals surface area contributed by atoms with Gasteiger partial charge in [-0.15, -0.1) is 23.5 Å². The SMILES string of the molecule is CC(=O)N1CCc2cc(C(=O)Nc3cccc(C4SCCCS4)c3)ccc21. The Morgan fingerprint density at radius 3 is 2.70 bits per heavy atom. The summed E-state index contributed by atoms with van der Waals surface area (Å²) in [6.07, 6.45) is 2.06. The topological polar surface area (TPSA) is 49.4 Å². The highest BCUT2D eigenvalue weighted by molar-refractivity contribution is 8.16. The van der Waals surface area contributed by atoms with Crippen LogP contribution in [0.25, 0.3) is 0 Å². The van der Waals surface area contributed by atoms with Crippen LogP contribution in [0, 0.1) is 0 Å². The Labute approximate surface area is 168 Å². The molecule has 2 aliphatic rings. The fraction of sp³-hybridized carbons (Fsp3) is 0.333. The Morgan fingerprint density at radius 2 is 1.93 bits per heavy atom. The van der Waals surface area contributed by atoms with E-state index in [-0.39, 0.29) is 11.8 Å². The molecule has 0 spiro atoms. The molecule has 6 heteroatoms. The van der Waals surface area contributed by atoms with Crippen LogP contribution in [0.4, 0.5) is 11.4 Å². The van der Waals surface area contributed by atoms with Crippen molar-refractivity contribution in [3.8, 4) is 0 Å². The zero-order valence-corrected chi connectivity index (χ0v) is 16.9. The van der Waals surface area contributed by atoms with E-state index in [0.717, 1.165) is 23.4 Å². The highest BCUT2D eigenvalue weighted by Crippen LogP contribution is 2.44. The smallest absolute Gasteiger partial charge is 0.255 e. The van der Waals surface area contributed by atoms with Gasteiger partial charge in [-0.05, 0) is 65.8 Å². The van der Waals surface area contributed by atoms with Crippen LogP contribution in [0.15, 0.2) is 42.5 Å². The largest absolute Gasteiger partial charge is 0.322 e. The predicted molar refractivity (Wildman–Crippen MR) is 115 cm³/mol. The van der Waals surface area contributed by atoms with Crippen LogP contribution >= 0.6 is 23.5 Å². The number of thioether (sulfide) groups is 2. The van der Waals surface area contributed by atoms with Gasteiger partial charge in [0.1, 0.15) is 0 Å². The number of rotatable bonds is 3. The van der Waals surface area contributed by atoms with Gasteiger partial charge in [0.15, 0.2) is 0 Å². The summed E-state index contributed by atoms with van der Waals surface area (Å²) in [5.41, 5.74) is 4.70. The maximum absolute atomic E-state index is 12.7. The summed E-state index contributed by atoms with van der Waals surface area (Å²) in [7, 11) is 0. The van der Waals surface area contributed by atoms with Crippen molar-refractivity contribution < 1.29 is 9.59 Å². The molecule has 4 rings (SSSR count). The molecule has 0 aromatic heterocycles. The molecule has 4 nitrogen and oxygen atoms in total. The molecule has 1 fully saturated rings.